The van der Waals surface area contributed by atoms with Gasteiger partial charge in [-0.3, -0.25) is 4.79 Å². The van der Waals surface area contributed by atoms with E-state index in [1.54, 1.807) is 11.4 Å². The average molecular weight is 234 g/mol. The molecule has 0 unspecified atom stereocenters. The molecule has 0 aliphatic rings. The highest BCUT2D eigenvalue weighted by Gasteiger charge is 2.31. The minimum atomic E-state index is -2.81. The lowest BCUT2D eigenvalue weighted by atomic mass is 10.1. The molecule has 84 valence electrons. The molecule has 0 aliphatic carbocycles. The lowest BCUT2D eigenvalue weighted by molar-refractivity contribution is -0.137. The van der Waals surface area contributed by atoms with Crippen LogP contribution in [-0.4, -0.2) is 11.1 Å². The Morgan fingerprint density at radius 2 is 2.20 bits per heavy atom. The van der Waals surface area contributed by atoms with Crippen LogP contribution in [-0.2, 0) is 10.7 Å². The Morgan fingerprint density at radius 3 is 2.73 bits per heavy atom. The van der Waals surface area contributed by atoms with Crippen molar-refractivity contribution in [3.63, 3.8) is 0 Å². The van der Waals surface area contributed by atoms with Crippen LogP contribution >= 0.6 is 11.3 Å². The van der Waals surface area contributed by atoms with Crippen molar-refractivity contribution >= 4 is 17.3 Å². The molecule has 5 heteroatoms. The number of halogens is 2. The summed E-state index contributed by atoms with van der Waals surface area (Å²) in [6, 6.07) is 2.99. The molecule has 0 fully saturated rings. The third-order valence-electron chi connectivity index (χ3n) is 2.01. The summed E-state index contributed by atoms with van der Waals surface area (Å²) < 4.78 is 26.8. The van der Waals surface area contributed by atoms with E-state index < -0.39 is 11.9 Å². The normalized spacial score (nSPS) is 11.6. The average Bonchev–Trinajstić information content (AvgIpc) is 2.65. The predicted octanol–water partition coefficient (Wildman–Crippen LogP) is 3.48. The Bertz CT molecular complexity index is 309. The van der Waals surface area contributed by atoms with Gasteiger partial charge in [-0.25, -0.2) is 8.78 Å². The maximum absolute atomic E-state index is 13.4. The van der Waals surface area contributed by atoms with Crippen LogP contribution < -0.4 is 0 Å². The first-order chi connectivity index (χ1) is 7.02. The number of thiophene rings is 1. The van der Waals surface area contributed by atoms with Gasteiger partial charge in [-0.15, -0.1) is 11.3 Å². The highest BCUT2D eigenvalue weighted by molar-refractivity contribution is 7.10. The standard InChI is InChI=1S/C10H12F2O2S/c11-10(12,8-4-3-7-15-8)6-2-1-5-9(13)14/h3-4,7H,1-2,5-6H2,(H,13,14). The highest BCUT2D eigenvalue weighted by Crippen LogP contribution is 2.36. The van der Waals surface area contributed by atoms with E-state index in [0.717, 1.165) is 11.3 Å². The van der Waals surface area contributed by atoms with Gasteiger partial charge in [0.05, 0.1) is 4.88 Å². The fourth-order valence-corrected chi connectivity index (χ4v) is 1.97. The van der Waals surface area contributed by atoms with E-state index in [2.05, 4.69) is 0 Å². The molecule has 1 aromatic heterocycles. The minimum absolute atomic E-state index is 0.0412. The molecule has 0 aliphatic heterocycles. The molecule has 1 rings (SSSR count). The van der Waals surface area contributed by atoms with Gasteiger partial charge < -0.3 is 5.11 Å². The van der Waals surface area contributed by atoms with Gasteiger partial charge in [0.15, 0.2) is 0 Å². The summed E-state index contributed by atoms with van der Waals surface area (Å²) in [5.74, 6) is -3.75. The lowest BCUT2D eigenvalue weighted by Crippen LogP contribution is -2.11. The van der Waals surface area contributed by atoms with E-state index in [1.807, 2.05) is 0 Å². The molecule has 0 atom stereocenters. The number of carboxylic acid groups (broad SMARTS) is 1. The van der Waals surface area contributed by atoms with Crippen molar-refractivity contribution in [3.05, 3.63) is 22.4 Å². The van der Waals surface area contributed by atoms with Crippen LogP contribution in [0.1, 0.15) is 30.6 Å². The molecule has 0 bridgehead atoms. The minimum Gasteiger partial charge on any atom is -0.481 e. The number of aliphatic carboxylic acids is 1. The SMILES string of the molecule is O=C(O)CCCCC(F)(F)c1cccs1. The van der Waals surface area contributed by atoms with Crippen molar-refractivity contribution in [2.24, 2.45) is 0 Å². The molecule has 1 heterocycles. The molecule has 1 N–H and O–H groups in total. The molecule has 0 radical (unpaired) electrons. The van der Waals surface area contributed by atoms with Crippen molar-refractivity contribution in [1.29, 1.82) is 0 Å². The molecule has 1 aromatic rings. The second-order valence-electron chi connectivity index (χ2n) is 3.28. The number of hydrogen-bond donors (Lipinski definition) is 1. The smallest absolute Gasteiger partial charge is 0.303 e. The van der Waals surface area contributed by atoms with Crippen LogP contribution in [0.25, 0.3) is 0 Å². The predicted molar refractivity (Wildman–Crippen MR) is 54.3 cm³/mol. The molecular formula is C10H12F2O2S. The Morgan fingerprint density at radius 1 is 1.47 bits per heavy atom. The Labute approximate surface area is 90.5 Å². The van der Waals surface area contributed by atoms with Gasteiger partial charge in [0.2, 0.25) is 0 Å². The fraction of sp³-hybridized carbons (Fsp3) is 0.500. The number of hydrogen-bond acceptors (Lipinski definition) is 2. The molecule has 2 nitrogen and oxygen atoms in total. The summed E-state index contributed by atoms with van der Waals surface area (Å²) in [6.07, 6.45) is 0.217. The maximum atomic E-state index is 13.4. The van der Waals surface area contributed by atoms with E-state index >= 15 is 0 Å². The Kier molecular flexibility index (Phi) is 4.20. The van der Waals surface area contributed by atoms with E-state index in [1.165, 1.54) is 6.07 Å². The fourth-order valence-electron chi connectivity index (χ4n) is 1.23. The van der Waals surface area contributed by atoms with Gasteiger partial charge in [0.1, 0.15) is 0 Å². The lowest BCUT2D eigenvalue weighted by Gasteiger charge is -2.13. The summed E-state index contributed by atoms with van der Waals surface area (Å²) in [4.78, 5) is 10.2. The zero-order valence-electron chi connectivity index (χ0n) is 8.08. The van der Waals surface area contributed by atoms with Gasteiger partial charge in [0, 0.05) is 12.8 Å². The molecule has 0 amide bonds. The number of alkyl halides is 2. The molecule has 15 heavy (non-hydrogen) atoms. The Hall–Kier alpha value is -0.970. The van der Waals surface area contributed by atoms with Crippen molar-refractivity contribution in [2.45, 2.75) is 31.6 Å². The van der Waals surface area contributed by atoms with Crippen molar-refractivity contribution in [1.82, 2.24) is 0 Å². The first-order valence-corrected chi connectivity index (χ1v) is 5.54. The zero-order chi connectivity index (χ0) is 11.3. The molecule has 0 aromatic carbocycles. The van der Waals surface area contributed by atoms with Crippen LogP contribution in [0.4, 0.5) is 8.78 Å². The molecule has 0 saturated heterocycles. The Balaban J connectivity index is 2.34. The summed E-state index contributed by atoms with van der Waals surface area (Å²) in [7, 11) is 0. The summed E-state index contributed by atoms with van der Waals surface area (Å²) in [5.41, 5.74) is 0. The van der Waals surface area contributed by atoms with E-state index in [-0.39, 0.29) is 24.1 Å². The first-order valence-electron chi connectivity index (χ1n) is 4.66. The molecular weight excluding hydrogens is 222 g/mol. The van der Waals surface area contributed by atoms with Crippen LogP contribution in [0.3, 0.4) is 0 Å². The molecule has 0 saturated carbocycles. The first kappa shape index (κ1) is 12.1. The van der Waals surface area contributed by atoms with Gasteiger partial charge in [0.25, 0.3) is 5.92 Å². The zero-order valence-corrected chi connectivity index (χ0v) is 8.90. The maximum Gasteiger partial charge on any atom is 0.303 e. The third-order valence-corrected chi connectivity index (χ3v) is 2.99. The number of unbranched alkanes of at least 4 members (excludes halogenated alkanes) is 1. The van der Waals surface area contributed by atoms with Gasteiger partial charge >= 0.3 is 5.97 Å². The highest BCUT2D eigenvalue weighted by atomic mass is 32.1. The number of carbonyl (C=O) groups is 1. The summed E-state index contributed by atoms with van der Waals surface area (Å²) in [5, 5.41) is 9.95. The van der Waals surface area contributed by atoms with E-state index in [0.29, 0.717) is 6.42 Å². The quantitative estimate of drug-likeness (QED) is 0.765. The van der Waals surface area contributed by atoms with Gasteiger partial charge in [-0.2, -0.15) is 0 Å². The summed E-state index contributed by atoms with van der Waals surface area (Å²) in [6.45, 7) is 0. The van der Waals surface area contributed by atoms with Gasteiger partial charge in [-0.05, 0) is 24.3 Å². The van der Waals surface area contributed by atoms with Crippen molar-refractivity contribution in [2.75, 3.05) is 0 Å². The van der Waals surface area contributed by atoms with E-state index in [9.17, 15) is 13.6 Å². The third kappa shape index (κ3) is 3.95. The monoisotopic (exact) mass is 234 g/mol. The van der Waals surface area contributed by atoms with Crippen LogP contribution in [0.15, 0.2) is 17.5 Å². The van der Waals surface area contributed by atoms with Crippen molar-refractivity contribution < 1.29 is 18.7 Å². The second-order valence-corrected chi connectivity index (χ2v) is 4.23. The second kappa shape index (κ2) is 5.21. The topological polar surface area (TPSA) is 37.3 Å². The van der Waals surface area contributed by atoms with Crippen LogP contribution in [0.2, 0.25) is 0 Å². The van der Waals surface area contributed by atoms with E-state index in [4.69, 9.17) is 5.11 Å². The largest absolute Gasteiger partial charge is 0.481 e. The van der Waals surface area contributed by atoms with Crippen LogP contribution in [0, 0.1) is 0 Å². The molecule has 0 spiro atoms. The van der Waals surface area contributed by atoms with Crippen molar-refractivity contribution in [3.8, 4) is 0 Å². The number of rotatable bonds is 6. The van der Waals surface area contributed by atoms with Crippen LogP contribution in [0.5, 0.6) is 0 Å². The number of carboxylic acids is 1. The van der Waals surface area contributed by atoms with Gasteiger partial charge in [-0.1, -0.05) is 6.07 Å². The summed E-state index contributed by atoms with van der Waals surface area (Å²) >= 11 is 1.03.